The van der Waals surface area contributed by atoms with Crippen molar-refractivity contribution in [3.05, 3.63) is 23.7 Å². The highest BCUT2D eigenvalue weighted by atomic mass is 32.2. The summed E-state index contributed by atoms with van der Waals surface area (Å²) < 4.78 is 29.4. The molecule has 1 unspecified atom stereocenters. The molecule has 1 rings (SSSR count). The van der Waals surface area contributed by atoms with E-state index in [0.717, 1.165) is 12.0 Å². The lowest BCUT2D eigenvalue weighted by Crippen LogP contribution is -2.24. The molecule has 13 heavy (non-hydrogen) atoms. The fourth-order valence-corrected chi connectivity index (χ4v) is 1.82. The van der Waals surface area contributed by atoms with Crippen molar-refractivity contribution in [3.63, 3.8) is 0 Å². The summed E-state index contributed by atoms with van der Waals surface area (Å²) in [6.45, 7) is 3.55. The summed E-state index contributed by atoms with van der Waals surface area (Å²) in [5, 5.41) is 0. The van der Waals surface area contributed by atoms with E-state index in [9.17, 15) is 8.42 Å². The second-order valence-electron chi connectivity index (χ2n) is 3.06. The average molecular weight is 203 g/mol. The molecular weight excluding hydrogens is 190 g/mol. The van der Waals surface area contributed by atoms with Gasteiger partial charge in [-0.2, -0.15) is 0 Å². The minimum atomic E-state index is -3.17. The molecule has 0 aliphatic rings. The Morgan fingerprint density at radius 3 is 2.46 bits per heavy atom. The summed E-state index contributed by atoms with van der Waals surface area (Å²) in [7, 11) is -3.17. The zero-order valence-corrected chi connectivity index (χ0v) is 8.68. The second kappa shape index (κ2) is 3.51. The minimum Gasteiger partial charge on any atom is -0.465 e. The summed E-state index contributed by atoms with van der Waals surface area (Å²) in [4.78, 5) is 0. The molecule has 1 aromatic rings. The maximum atomic E-state index is 10.9. The normalized spacial score (nSPS) is 14.4. The Labute approximate surface area is 78.0 Å². The molecule has 0 fully saturated rings. The van der Waals surface area contributed by atoms with Crippen molar-refractivity contribution in [2.75, 3.05) is 6.26 Å². The smallest absolute Gasteiger partial charge is 0.209 e. The van der Waals surface area contributed by atoms with Crippen LogP contribution in [0.15, 0.2) is 16.5 Å². The predicted octanol–water partition coefficient (Wildman–Crippen LogP) is 1.20. The van der Waals surface area contributed by atoms with Crippen molar-refractivity contribution in [1.82, 2.24) is 4.72 Å². The van der Waals surface area contributed by atoms with Crippen LogP contribution in [0.25, 0.3) is 0 Å². The zero-order valence-electron chi connectivity index (χ0n) is 7.87. The topological polar surface area (TPSA) is 59.3 Å². The highest BCUT2D eigenvalue weighted by Gasteiger charge is 2.13. The third-order valence-electron chi connectivity index (χ3n) is 1.58. The lowest BCUT2D eigenvalue weighted by molar-refractivity contribution is 0.442. The van der Waals surface area contributed by atoms with Crippen LogP contribution in [0, 0.1) is 6.92 Å². The molecule has 1 aromatic heterocycles. The van der Waals surface area contributed by atoms with Crippen LogP contribution >= 0.6 is 0 Å². The summed E-state index contributed by atoms with van der Waals surface area (Å²) in [5.74, 6) is 1.40. The van der Waals surface area contributed by atoms with Crippen LogP contribution in [-0.2, 0) is 10.0 Å². The molecule has 1 heterocycles. The Morgan fingerprint density at radius 2 is 2.08 bits per heavy atom. The first-order chi connectivity index (χ1) is 5.88. The van der Waals surface area contributed by atoms with Crippen LogP contribution in [-0.4, -0.2) is 14.7 Å². The number of furan rings is 1. The van der Waals surface area contributed by atoms with Crippen LogP contribution in [0.2, 0.25) is 0 Å². The first-order valence-electron chi connectivity index (χ1n) is 3.92. The number of nitrogens with one attached hydrogen (secondary N) is 1. The van der Waals surface area contributed by atoms with E-state index in [4.69, 9.17) is 4.42 Å². The highest BCUT2D eigenvalue weighted by molar-refractivity contribution is 7.88. The van der Waals surface area contributed by atoms with Gasteiger partial charge in [0, 0.05) is 0 Å². The van der Waals surface area contributed by atoms with Gasteiger partial charge in [0.2, 0.25) is 10.0 Å². The van der Waals surface area contributed by atoms with E-state index < -0.39 is 10.0 Å². The van der Waals surface area contributed by atoms with E-state index in [1.165, 1.54) is 0 Å². The van der Waals surface area contributed by atoms with Gasteiger partial charge in [-0.25, -0.2) is 13.1 Å². The standard InChI is InChI=1S/C8H13NO3S/c1-6-4-5-8(12-6)7(2)9-13(3,10)11/h4-5,7,9H,1-3H3. The molecule has 0 aromatic carbocycles. The first kappa shape index (κ1) is 10.3. The quantitative estimate of drug-likeness (QED) is 0.803. The maximum absolute atomic E-state index is 10.9. The van der Waals surface area contributed by atoms with Crippen molar-refractivity contribution in [3.8, 4) is 0 Å². The molecule has 1 atom stereocenters. The van der Waals surface area contributed by atoms with Crippen LogP contribution < -0.4 is 4.72 Å². The van der Waals surface area contributed by atoms with E-state index >= 15 is 0 Å². The Bertz CT molecular complexity index is 380. The van der Waals surface area contributed by atoms with E-state index in [1.807, 2.05) is 6.92 Å². The van der Waals surface area contributed by atoms with Crippen LogP contribution in [0.1, 0.15) is 24.5 Å². The molecule has 4 nitrogen and oxygen atoms in total. The van der Waals surface area contributed by atoms with E-state index in [1.54, 1.807) is 19.1 Å². The molecule has 0 aliphatic carbocycles. The molecule has 0 bridgehead atoms. The molecule has 0 amide bonds. The number of rotatable bonds is 3. The van der Waals surface area contributed by atoms with Crippen LogP contribution in [0.5, 0.6) is 0 Å². The molecule has 1 N–H and O–H groups in total. The number of hydrogen-bond acceptors (Lipinski definition) is 3. The summed E-state index contributed by atoms with van der Waals surface area (Å²) in [6, 6.07) is 3.25. The Kier molecular flexibility index (Phi) is 2.77. The zero-order chi connectivity index (χ0) is 10.1. The molecule has 0 aliphatic heterocycles. The molecule has 0 radical (unpaired) electrons. The van der Waals surface area contributed by atoms with Gasteiger partial charge >= 0.3 is 0 Å². The molecule has 5 heteroatoms. The van der Waals surface area contributed by atoms with Crippen molar-refractivity contribution >= 4 is 10.0 Å². The Hall–Kier alpha value is -0.810. The van der Waals surface area contributed by atoms with Gasteiger partial charge < -0.3 is 4.42 Å². The number of sulfonamides is 1. The number of hydrogen-bond donors (Lipinski definition) is 1. The third-order valence-corrected chi connectivity index (χ3v) is 2.36. The van der Waals surface area contributed by atoms with Gasteiger partial charge in [-0.3, -0.25) is 0 Å². The van der Waals surface area contributed by atoms with Gasteiger partial charge in [0.05, 0.1) is 12.3 Å². The summed E-state index contributed by atoms with van der Waals surface area (Å²) in [5.41, 5.74) is 0. The fraction of sp³-hybridized carbons (Fsp3) is 0.500. The molecule has 74 valence electrons. The van der Waals surface area contributed by atoms with Crippen molar-refractivity contribution in [1.29, 1.82) is 0 Å². The van der Waals surface area contributed by atoms with Gasteiger partial charge in [-0.15, -0.1) is 0 Å². The summed E-state index contributed by atoms with van der Waals surface area (Å²) >= 11 is 0. The van der Waals surface area contributed by atoms with Gasteiger partial charge in [0.15, 0.2) is 0 Å². The fourth-order valence-electron chi connectivity index (χ4n) is 1.07. The Balaban J connectivity index is 2.75. The summed E-state index contributed by atoms with van der Waals surface area (Å²) in [6.07, 6.45) is 1.12. The monoisotopic (exact) mass is 203 g/mol. The van der Waals surface area contributed by atoms with E-state index in [-0.39, 0.29) is 6.04 Å². The van der Waals surface area contributed by atoms with Crippen LogP contribution in [0.4, 0.5) is 0 Å². The second-order valence-corrected chi connectivity index (χ2v) is 4.84. The van der Waals surface area contributed by atoms with Gasteiger partial charge in [-0.1, -0.05) is 0 Å². The van der Waals surface area contributed by atoms with E-state index in [2.05, 4.69) is 4.72 Å². The van der Waals surface area contributed by atoms with Crippen molar-refractivity contribution in [2.45, 2.75) is 19.9 Å². The predicted molar refractivity (Wildman–Crippen MR) is 49.8 cm³/mol. The molecule has 0 spiro atoms. The lowest BCUT2D eigenvalue weighted by Gasteiger charge is -2.08. The van der Waals surface area contributed by atoms with Crippen LogP contribution in [0.3, 0.4) is 0 Å². The Morgan fingerprint density at radius 1 is 1.46 bits per heavy atom. The number of aryl methyl sites for hydroxylation is 1. The van der Waals surface area contributed by atoms with Crippen molar-refractivity contribution < 1.29 is 12.8 Å². The molecule has 0 saturated carbocycles. The van der Waals surface area contributed by atoms with Gasteiger partial charge in [0.1, 0.15) is 11.5 Å². The SMILES string of the molecule is Cc1ccc(C(C)NS(C)(=O)=O)o1. The van der Waals surface area contributed by atoms with E-state index in [0.29, 0.717) is 5.76 Å². The lowest BCUT2D eigenvalue weighted by atomic mass is 10.3. The molecule has 0 saturated heterocycles. The largest absolute Gasteiger partial charge is 0.465 e. The third kappa shape index (κ3) is 3.20. The van der Waals surface area contributed by atoms with Gasteiger partial charge in [-0.05, 0) is 26.0 Å². The maximum Gasteiger partial charge on any atom is 0.209 e. The minimum absolute atomic E-state index is 0.316. The average Bonchev–Trinajstić information content (AvgIpc) is 2.31. The van der Waals surface area contributed by atoms with Gasteiger partial charge in [0.25, 0.3) is 0 Å². The first-order valence-corrected chi connectivity index (χ1v) is 5.81. The molecular formula is C8H13NO3S. The van der Waals surface area contributed by atoms with Crippen molar-refractivity contribution in [2.24, 2.45) is 0 Å². The highest BCUT2D eigenvalue weighted by Crippen LogP contribution is 2.15.